The second-order valence-electron chi connectivity index (χ2n) is 1.40. The number of nitrogens with one attached hydrogen (secondary N) is 1. The molecule has 0 saturated carbocycles. The fourth-order valence-electron chi connectivity index (χ4n) is 0.308. The number of aliphatic hydroxyl groups is 1. The molecule has 0 heterocycles. The highest BCUT2D eigenvalue weighted by molar-refractivity contribution is 5.73. The molecule has 1 atom stereocenters. The average molecular weight is 135 g/mol. The van der Waals surface area contributed by atoms with E-state index in [0.29, 0.717) is 0 Å². The lowest BCUT2D eigenvalue weighted by molar-refractivity contribution is -0.144. The van der Waals surface area contributed by atoms with Crippen molar-refractivity contribution in [1.29, 1.82) is 0 Å². The minimum absolute atomic E-state index is 0.483. The molecule has 0 rings (SSSR count). The van der Waals surface area contributed by atoms with E-state index in [9.17, 15) is 4.79 Å². The molecule has 0 radical (unpaired) electrons. The number of aliphatic hydroxyl groups excluding tert-OH is 1. The number of hydrogen-bond acceptors (Lipinski definition) is 4. The number of carboxylic acids is 1. The van der Waals surface area contributed by atoms with Crippen LogP contribution < -0.4 is 5.48 Å². The number of hydrogen-bond donors (Lipinski definition) is 3. The van der Waals surface area contributed by atoms with Crippen LogP contribution in [0, 0.1) is 0 Å². The second kappa shape index (κ2) is 4.25. The highest BCUT2D eigenvalue weighted by atomic mass is 16.6. The van der Waals surface area contributed by atoms with Gasteiger partial charge in [0.2, 0.25) is 0 Å². The summed E-state index contributed by atoms with van der Waals surface area (Å²) in [6, 6.07) is -1.03. The molecule has 0 amide bonds. The average Bonchev–Trinajstić information content (AvgIpc) is 1.82. The predicted molar refractivity (Wildman–Crippen MR) is 28.7 cm³/mol. The van der Waals surface area contributed by atoms with E-state index in [4.69, 9.17) is 10.2 Å². The van der Waals surface area contributed by atoms with E-state index in [1.807, 2.05) is 0 Å². The fraction of sp³-hybridized carbons (Fsp3) is 0.750. The maximum absolute atomic E-state index is 10.0. The maximum Gasteiger partial charge on any atom is 0.325 e. The van der Waals surface area contributed by atoms with Gasteiger partial charge in [-0.25, -0.2) is 0 Å². The Bertz CT molecular complexity index is 94.6. The normalized spacial score (nSPS) is 13.1. The minimum atomic E-state index is -1.14. The van der Waals surface area contributed by atoms with Crippen molar-refractivity contribution in [2.75, 3.05) is 13.7 Å². The van der Waals surface area contributed by atoms with Gasteiger partial charge in [-0.3, -0.25) is 4.79 Å². The number of carboxylic acid groups (broad SMARTS) is 1. The number of aliphatic carboxylic acids is 1. The van der Waals surface area contributed by atoms with E-state index in [2.05, 4.69) is 10.3 Å². The lowest BCUT2D eigenvalue weighted by atomic mass is 10.3. The van der Waals surface area contributed by atoms with Gasteiger partial charge in [0.05, 0.1) is 13.7 Å². The molecule has 3 N–H and O–H groups in total. The van der Waals surface area contributed by atoms with Crippen molar-refractivity contribution in [2.24, 2.45) is 0 Å². The van der Waals surface area contributed by atoms with Crippen molar-refractivity contribution in [1.82, 2.24) is 5.48 Å². The van der Waals surface area contributed by atoms with Crippen LogP contribution in [0.2, 0.25) is 0 Å². The third kappa shape index (κ3) is 3.02. The van der Waals surface area contributed by atoms with E-state index < -0.39 is 18.6 Å². The Morgan fingerprint density at radius 2 is 2.44 bits per heavy atom. The topological polar surface area (TPSA) is 78.8 Å². The molecule has 9 heavy (non-hydrogen) atoms. The summed E-state index contributed by atoms with van der Waals surface area (Å²) >= 11 is 0. The van der Waals surface area contributed by atoms with Crippen LogP contribution in [0.5, 0.6) is 0 Å². The summed E-state index contributed by atoms with van der Waals surface area (Å²) in [6.45, 7) is -0.483. The molecule has 0 spiro atoms. The Labute approximate surface area is 52.2 Å². The van der Waals surface area contributed by atoms with Crippen LogP contribution in [-0.2, 0) is 9.63 Å². The third-order valence-electron chi connectivity index (χ3n) is 0.741. The Balaban J connectivity index is 3.54. The van der Waals surface area contributed by atoms with Gasteiger partial charge in [-0.2, -0.15) is 5.48 Å². The quantitative estimate of drug-likeness (QED) is 0.412. The molecule has 54 valence electrons. The molecule has 0 aliphatic carbocycles. The van der Waals surface area contributed by atoms with Crippen molar-refractivity contribution in [3.8, 4) is 0 Å². The van der Waals surface area contributed by atoms with Gasteiger partial charge in [0.1, 0.15) is 0 Å². The number of hydroxylamine groups is 1. The summed E-state index contributed by atoms with van der Waals surface area (Å²) in [4.78, 5) is 14.3. The number of carbonyl (C=O) groups is 1. The zero-order valence-electron chi connectivity index (χ0n) is 5.00. The van der Waals surface area contributed by atoms with Crippen LogP contribution in [0.4, 0.5) is 0 Å². The predicted octanol–water partition coefficient (Wildman–Crippen LogP) is -1.42. The first-order valence-electron chi connectivity index (χ1n) is 2.34. The van der Waals surface area contributed by atoms with Crippen LogP contribution in [-0.4, -0.2) is 35.9 Å². The Morgan fingerprint density at radius 1 is 1.89 bits per heavy atom. The second-order valence-corrected chi connectivity index (χ2v) is 1.40. The van der Waals surface area contributed by atoms with Gasteiger partial charge in [0.15, 0.2) is 6.04 Å². The summed E-state index contributed by atoms with van der Waals surface area (Å²) in [7, 11) is 1.28. The van der Waals surface area contributed by atoms with Crippen LogP contribution in [0.25, 0.3) is 0 Å². The molecule has 0 fully saturated rings. The van der Waals surface area contributed by atoms with Crippen molar-refractivity contribution in [2.45, 2.75) is 6.04 Å². The van der Waals surface area contributed by atoms with Crippen LogP contribution >= 0.6 is 0 Å². The largest absolute Gasteiger partial charge is 0.480 e. The van der Waals surface area contributed by atoms with Crippen LogP contribution in [0.1, 0.15) is 0 Å². The molecule has 5 nitrogen and oxygen atoms in total. The van der Waals surface area contributed by atoms with Crippen molar-refractivity contribution in [3.05, 3.63) is 0 Å². The Kier molecular flexibility index (Phi) is 3.94. The summed E-state index contributed by atoms with van der Waals surface area (Å²) < 4.78 is 0. The van der Waals surface area contributed by atoms with Gasteiger partial charge < -0.3 is 15.1 Å². The lowest BCUT2D eigenvalue weighted by Gasteiger charge is -2.07. The molecular weight excluding hydrogens is 126 g/mol. The zero-order chi connectivity index (χ0) is 7.28. The molecule has 0 aliphatic rings. The molecule has 0 saturated heterocycles. The van der Waals surface area contributed by atoms with Crippen LogP contribution in [0.3, 0.4) is 0 Å². The monoisotopic (exact) mass is 135 g/mol. The summed E-state index contributed by atoms with van der Waals surface area (Å²) in [5.41, 5.74) is 2.08. The van der Waals surface area contributed by atoms with E-state index in [1.165, 1.54) is 7.11 Å². The molecular formula is C4H9NO4. The molecule has 0 aromatic carbocycles. The summed E-state index contributed by atoms with van der Waals surface area (Å²) in [5, 5.41) is 16.5. The molecule has 0 aromatic heterocycles. The van der Waals surface area contributed by atoms with Crippen molar-refractivity contribution in [3.63, 3.8) is 0 Å². The first-order valence-corrected chi connectivity index (χ1v) is 2.34. The fourth-order valence-corrected chi connectivity index (χ4v) is 0.308. The van der Waals surface area contributed by atoms with Gasteiger partial charge in [0, 0.05) is 0 Å². The molecule has 0 aliphatic heterocycles. The molecule has 0 bridgehead atoms. The Hall–Kier alpha value is -0.650. The smallest absolute Gasteiger partial charge is 0.325 e. The van der Waals surface area contributed by atoms with Gasteiger partial charge in [-0.15, -0.1) is 0 Å². The SMILES string of the molecule is CONC(CO)C(=O)O. The Morgan fingerprint density at radius 3 is 2.56 bits per heavy atom. The van der Waals surface area contributed by atoms with Crippen molar-refractivity contribution >= 4 is 5.97 Å². The van der Waals surface area contributed by atoms with E-state index >= 15 is 0 Å². The first-order chi connectivity index (χ1) is 4.22. The van der Waals surface area contributed by atoms with Crippen molar-refractivity contribution < 1.29 is 19.8 Å². The zero-order valence-corrected chi connectivity index (χ0v) is 5.00. The van der Waals surface area contributed by atoms with E-state index in [0.717, 1.165) is 0 Å². The molecule has 0 aromatic rings. The number of rotatable bonds is 4. The van der Waals surface area contributed by atoms with Gasteiger partial charge in [0.25, 0.3) is 0 Å². The lowest BCUT2D eigenvalue weighted by Crippen LogP contribution is -2.38. The van der Waals surface area contributed by atoms with E-state index in [-0.39, 0.29) is 0 Å². The van der Waals surface area contributed by atoms with Gasteiger partial charge >= 0.3 is 5.97 Å². The standard InChI is InChI=1S/C4H9NO4/c1-9-5-3(2-6)4(7)8/h3,5-6H,2H2,1H3,(H,7,8). The first kappa shape index (κ1) is 8.35. The maximum atomic E-state index is 10.0. The van der Waals surface area contributed by atoms with E-state index in [1.54, 1.807) is 0 Å². The van der Waals surface area contributed by atoms with Gasteiger partial charge in [-0.05, 0) is 0 Å². The summed E-state index contributed by atoms with van der Waals surface area (Å²) in [5.74, 6) is -1.14. The minimum Gasteiger partial charge on any atom is -0.480 e. The highest BCUT2D eigenvalue weighted by Crippen LogP contribution is 1.79. The third-order valence-corrected chi connectivity index (χ3v) is 0.741. The molecule has 1 unspecified atom stereocenters. The highest BCUT2D eigenvalue weighted by Gasteiger charge is 2.13. The molecule has 5 heteroatoms. The summed E-state index contributed by atoms with van der Waals surface area (Å²) in [6.07, 6.45) is 0. The van der Waals surface area contributed by atoms with Crippen LogP contribution in [0.15, 0.2) is 0 Å². The van der Waals surface area contributed by atoms with Gasteiger partial charge in [-0.1, -0.05) is 0 Å².